The third-order valence-electron chi connectivity index (χ3n) is 2.98. The third kappa shape index (κ3) is 2.09. The van der Waals surface area contributed by atoms with Gasteiger partial charge in [-0.1, -0.05) is 12.1 Å². The monoisotopic (exact) mass is 300 g/mol. The van der Waals surface area contributed by atoms with Gasteiger partial charge in [0.2, 0.25) is 5.28 Å². The molecule has 3 rings (SSSR count). The zero-order chi connectivity index (χ0) is 14.1. The van der Waals surface area contributed by atoms with Gasteiger partial charge in [0.25, 0.3) is 0 Å². The number of fused-ring (bicyclic) bond motifs is 1. The molecule has 0 fully saturated rings. The lowest BCUT2D eigenvalue weighted by molar-refractivity contribution is 1.11. The minimum Gasteiger partial charge on any atom is -0.328 e. The van der Waals surface area contributed by atoms with E-state index in [2.05, 4.69) is 16.0 Å². The largest absolute Gasteiger partial charge is 0.328 e. The highest BCUT2D eigenvalue weighted by molar-refractivity contribution is 7.16. The Kier molecular flexibility index (Phi) is 3.26. The van der Waals surface area contributed by atoms with Crippen molar-refractivity contribution in [2.75, 3.05) is 11.9 Å². The summed E-state index contributed by atoms with van der Waals surface area (Å²) in [7, 11) is 1.87. The fourth-order valence-corrected chi connectivity index (χ4v) is 3.02. The molecule has 0 spiro atoms. The van der Waals surface area contributed by atoms with Crippen molar-refractivity contribution in [1.29, 1.82) is 5.26 Å². The molecule has 0 aliphatic heterocycles. The van der Waals surface area contributed by atoms with E-state index in [0.717, 1.165) is 15.9 Å². The predicted octanol–water partition coefficient (Wildman–Crippen LogP) is 3.98. The lowest BCUT2D eigenvalue weighted by Gasteiger charge is -2.20. The van der Waals surface area contributed by atoms with Gasteiger partial charge in [-0.25, -0.2) is 4.98 Å². The molecule has 98 valence electrons. The van der Waals surface area contributed by atoms with Gasteiger partial charge in [-0.15, -0.1) is 11.3 Å². The van der Waals surface area contributed by atoms with E-state index in [9.17, 15) is 5.26 Å². The molecule has 4 nitrogen and oxygen atoms in total. The molecule has 0 bridgehead atoms. The number of nitriles is 1. The van der Waals surface area contributed by atoms with Gasteiger partial charge in [-0.05, 0) is 35.2 Å². The van der Waals surface area contributed by atoms with E-state index >= 15 is 0 Å². The van der Waals surface area contributed by atoms with Gasteiger partial charge in [0.1, 0.15) is 16.7 Å². The number of hydrogen-bond donors (Lipinski definition) is 0. The maximum Gasteiger partial charge on any atom is 0.225 e. The van der Waals surface area contributed by atoms with E-state index in [1.54, 1.807) is 6.07 Å². The molecule has 0 aliphatic rings. The Morgan fingerprint density at radius 1 is 1.25 bits per heavy atom. The number of aromatic nitrogens is 2. The predicted molar refractivity (Wildman–Crippen MR) is 81.6 cm³/mol. The molecular formula is C14H9ClN4S. The molecule has 0 unspecified atom stereocenters. The SMILES string of the molecule is CN(c1ccccc1C#N)c1nc(Cl)nc2sccc12. The number of thiophene rings is 1. The highest BCUT2D eigenvalue weighted by Crippen LogP contribution is 2.33. The maximum absolute atomic E-state index is 9.21. The number of hydrogen-bond acceptors (Lipinski definition) is 5. The summed E-state index contributed by atoms with van der Waals surface area (Å²) < 4.78 is 0. The van der Waals surface area contributed by atoms with Crippen LogP contribution in [0.15, 0.2) is 35.7 Å². The van der Waals surface area contributed by atoms with Gasteiger partial charge < -0.3 is 4.90 Å². The topological polar surface area (TPSA) is 52.8 Å². The van der Waals surface area contributed by atoms with Crippen LogP contribution in [0.2, 0.25) is 5.28 Å². The van der Waals surface area contributed by atoms with Gasteiger partial charge >= 0.3 is 0 Å². The van der Waals surface area contributed by atoms with Crippen molar-refractivity contribution in [3.8, 4) is 6.07 Å². The molecule has 1 aromatic carbocycles. The first-order valence-corrected chi connectivity index (χ1v) is 7.10. The normalized spacial score (nSPS) is 10.4. The van der Waals surface area contributed by atoms with Gasteiger partial charge in [0, 0.05) is 7.05 Å². The zero-order valence-corrected chi connectivity index (χ0v) is 12.1. The van der Waals surface area contributed by atoms with Crippen LogP contribution in [0, 0.1) is 11.3 Å². The Morgan fingerprint density at radius 2 is 2.05 bits per heavy atom. The molecule has 0 saturated heterocycles. The first-order valence-electron chi connectivity index (χ1n) is 5.84. The third-order valence-corrected chi connectivity index (χ3v) is 3.96. The van der Waals surface area contributed by atoms with E-state index < -0.39 is 0 Å². The lowest BCUT2D eigenvalue weighted by atomic mass is 10.2. The van der Waals surface area contributed by atoms with Crippen molar-refractivity contribution >= 4 is 44.7 Å². The van der Waals surface area contributed by atoms with Gasteiger partial charge in [-0.2, -0.15) is 10.2 Å². The summed E-state index contributed by atoms with van der Waals surface area (Å²) in [6.07, 6.45) is 0. The van der Waals surface area contributed by atoms with Crippen LogP contribution in [-0.4, -0.2) is 17.0 Å². The molecule has 0 atom stereocenters. The Bertz CT molecular complexity index is 821. The molecule has 2 aromatic heterocycles. The first-order chi connectivity index (χ1) is 9.70. The molecular weight excluding hydrogens is 292 g/mol. The molecule has 0 N–H and O–H groups in total. The smallest absolute Gasteiger partial charge is 0.225 e. The Morgan fingerprint density at radius 3 is 2.85 bits per heavy atom. The highest BCUT2D eigenvalue weighted by atomic mass is 35.5. The van der Waals surface area contributed by atoms with Crippen molar-refractivity contribution < 1.29 is 0 Å². The molecule has 3 aromatic rings. The second kappa shape index (κ2) is 5.08. The van der Waals surface area contributed by atoms with Crippen LogP contribution in [0.5, 0.6) is 0 Å². The Labute approximate surface area is 124 Å². The summed E-state index contributed by atoms with van der Waals surface area (Å²) in [5.74, 6) is 0.698. The summed E-state index contributed by atoms with van der Waals surface area (Å²) in [6, 6.07) is 11.5. The summed E-state index contributed by atoms with van der Waals surface area (Å²) in [4.78, 5) is 11.2. The Balaban J connectivity index is 2.20. The quantitative estimate of drug-likeness (QED) is 0.672. The van der Waals surface area contributed by atoms with Crippen molar-refractivity contribution in [3.05, 3.63) is 46.6 Å². The molecule has 6 heteroatoms. The van der Waals surface area contributed by atoms with Crippen LogP contribution in [0.1, 0.15) is 5.56 Å². The fraction of sp³-hybridized carbons (Fsp3) is 0.0714. The van der Waals surface area contributed by atoms with Crippen molar-refractivity contribution in [3.63, 3.8) is 0 Å². The van der Waals surface area contributed by atoms with E-state index in [1.807, 2.05) is 41.6 Å². The minimum absolute atomic E-state index is 0.205. The van der Waals surface area contributed by atoms with Crippen LogP contribution in [-0.2, 0) is 0 Å². The number of benzene rings is 1. The van der Waals surface area contributed by atoms with Gasteiger partial charge in [-0.3, -0.25) is 0 Å². The molecule has 0 saturated carbocycles. The molecule has 0 amide bonds. The summed E-state index contributed by atoms with van der Waals surface area (Å²) in [5.41, 5.74) is 1.38. The van der Waals surface area contributed by atoms with Crippen molar-refractivity contribution in [2.45, 2.75) is 0 Å². The van der Waals surface area contributed by atoms with Gasteiger partial charge in [0.05, 0.1) is 16.6 Å². The summed E-state index contributed by atoms with van der Waals surface area (Å²) >= 11 is 7.49. The minimum atomic E-state index is 0.205. The maximum atomic E-state index is 9.21. The fourth-order valence-electron chi connectivity index (χ4n) is 2.04. The number of rotatable bonds is 2. The number of halogens is 1. The number of nitrogens with zero attached hydrogens (tertiary/aromatic N) is 4. The Hall–Kier alpha value is -2.16. The number of anilines is 2. The standard InChI is InChI=1S/C14H9ClN4S/c1-19(11-5-3-2-4-9(11)8-16)12-10-6-7-20-13(10)18-14(15)17-12/h2-7H,1H3. The van der Waals surface area contributed by atoms with Crippen LogP contribution in [0.4, 0.5) is 11.5 Å². The lowest BCUT2D eigenvalue weighted by Crippen LogP contribution is -2.13. The van der Waals surface area contributed by atoms with Crippen LogP contribution < -0.4 is 4.90 Å². The second-order valence-corrected chi connectivity index (χ2v) is 5.38. The molecule has 0 radical (unpaired) electrons. The average molecular weight is 301 g/mol. The average Bonchev–Trinajstić information content (AvgIpc) is 2.93. The van der Waals surface area contributed by atoms with E-state index in [1.165, 1.54) is 11.3 Å². The molecule has 0 aliphatic carbocycles. The van der Waals surface area contributed by atoms with Crippen molar-refractivity contribution in [1.82, 2.24) is 9.97 Å². The van der Waals surface area contributed by atoms with E-state index in [4.69, 9.17) is 11.6 Å². The zero-order valence-electron chi connectivity index (χ0n) is 10.5. The molecule has 20 heavy (non-hydrogen) atoms. The highest BCUT2D eigenvalue weighted by Gasteiger charge is 2.15. The van der Waals surface area contributed by atoms with Crippen LogP contribution in [0.3, 0.4) is 0 Å². The van der Waals surface area contributed by atoms with E-state index in [-0.39, 0.29) is 5.28 Å². The molecule has 2 heterocycles. The van der Waals surface area contributed by atoms with Crippen LogP contribution >= 0.6 is 22.9 Å². The summed E-state index contributed by atoms with van der Waals surface area (Å²) in [6.45, 7) is 0. The second-order valence-electron chi connectivity index (χ2n) is 4.14. The summed E-state index contributed by atoms with van der Waals surface area (Å²) in [5, 5.41) is 12.3. The van der Waals surface area contributed by atoms with Gasteiger partial charge in [0.15, 0.2) is 0 Å². The number of para-hydroxylation sites is 1. The van der Waals surface area contributed by atoms with E-state index in [0.29, 0.717) is 11.4 Å². The van der Waals surface area contributed by atoms with Crippen LogP contribution in [0.25, 0.3) is 10.2 Å². The van der Waals surface area contributed by atoms with Crippen molar-refractivity contribution in [2.24, 2.45) is 0 Å². The first kappa shape index (κ1) is 12.9.